The van der Waals surface area contributed by atoms with Gasteiger partial charge in [-0.25, -0.2) is 4.79 Å². The maximum absolute atomic E-state index is 12.0. The van der Waals surface area contributed by atoms with Crippen molar-refractivity contribution < 1.29 is 19.1 Å². The van der Waals surface area contributed by atoms with Gasteiger partial charge in [-0.3, -0.25) is 4.79 Å². The van der Waals surface area contributed by atoms with Crippen molar-refractivity contribution in [1.82, 2.24) is 4.90 Å². The van der Waals surface area contributed by atoms with Crippen LogP contribution in [0.2, 0.25) is 0 Å². The third-order valence-electron chi connectivity index (χ3n) is 3.93. The van der Waals surface area contributed by atoms with Crippen LogP contribution in [0.1, 0.15) is 33.6 Å². The number of carbonyl (C=O) groups is 2. The van der Waals surface area contributed by atoms with Crippen molar-refractivity contribution in [2.75, 3.05) is 19.2 Å². The van der Waals surface area contributed by atoms with Gasteiger partial charge in [0.15, 0.2) is 6.07 Å². The van der Waals surface area contributed by atoms with Crippen LogP contribution in [-0.4, -0.2) is 41.7 Å². The second kappa shape index (κ2) is 5.80. The number of carbonyl (C=O) groups excluding carboxylic acids is 2. The van der Waals surface area contributed by atoms with Crippen LogP contribution >= 0.6 is 11.6 Å². The van der Waals surface area contributed by atoms with E-state index >= 15 is 0 Å². The molecule has 0 spiro atoms. The fourth-order valence-electron chi connectivity index (χ4n) is 3.14. The van der Waals surface area contributed by atoms with Gasteiger partial charge in [-0.1, -0.05) is 11.6 Å². The molecule has 0 N–H and O–H groups in total. The predicted molar refractivity (Wildman–Crippen MR) is 74.3 cm³/mol. The van der Waals surface area contributed by atoms with Crippen LogP contribution < -0.4 is 0 Å². The SMILES string of the molecule is CC(C)(C)OC(=O)N1CC2CC(C(=O)OCCl)CC2C1. The van der Waals surface area contributed by atoms with Gasteiger partial charge in [-0.05, 0) is 45.4 Å². The van der Waals surface area contributed by atoms with E-state index in [4.69, 9.17) is 21.1 Å². The van der Waals surface area contributed by atoms with Crippen molar-refractivity contribution >= 4 is 23.7 Å². The molecule has 2 fully saturated rings. The third-order valence-corrected chi connectivity index (χ3v) is 4.04. The van der Waals surface area contributed by atoms with Gasteiger partial charge in [0.1, 0.15) is 5.60 Å². The molecule has 2 atom stereocenters. The molecule has 0 bridgehead atoms. The molecule has 2 rings (SSSR count). The van der Waals surface area contributed by atoms with Gasteiger partial charge in [0.05, 0.1) is 5.92 Å². The first kappa shape index (κ1) is 15.4. The second-order valence-electron chi connectivity index (χ2n) is 6.65. The highest BCUT2D eigenvalue weighted by Gasteiger charge is 2.45. The third kappa shape index (κ3) is 3.57. The first-order valence-corrected chi connectivity index (χ1v) is 7.54. The Hall–Kier alpha value is -0.970. The fraction of sp³-hybridized carbons (Fsp3) is 0.857. The van der Waals surface area contributed by atoms with Crippen LogP contribution in [0.15, 0.2) is 0 Å². The largest absolute Gasteiger partial charge is 0.449 e. The van der Waals surface area contributed by atoms with Crippen LogP contribution in [-0.2, 0) is 14.3 Å². The molecule has 20 heavy (non-hydrogen) atoms. The maximum Gasteiger partial charge on any atom is 0.410 e. The number of nitrogens with zero attached hydrogens (tertiary/aromatic N) is 1. The van der Waals surface area contributed by atoms with E-state index in [1.54, 1.807) is 4.90 Å². The highest BCUT2D eigenvalue weighted by atomic mass is 35.5. The number of fused-ring (bicyclic) bond motifs is 1. The topological polar surface area (TPSA) is 55.8 Å². The smallest absolute Gasteiger partial charge is 0.410 e. The summed E-state index contributed by atoms with van der Waals surface area (Å²) in [5.74, 6) is 0.466. The summed E-state index contributed by atoms with van der Waals surface area (Å²) in [7, 11) is 0. The minimum absolute atomic E-state index is 0.0652. The Balaban J connectivity index is 1.85. The molecule has 1 amide bonds. The standard InChI is InChI=1S/C14H22ClNO4/c1-14(2,3)20-13(18)16-6-10-4-9(5-11(10)7-16)12(17)19-8-15/h9-11H,4-8H2,1-3H3. The summed E-state index contributed by atoms with van der Waals surface area (Å²) in [4.78, 5) is 25.4. The number of hydrogen-bond donors (Lipinski definition) is 0. The molecule has 2 unspecified atom stereocenters. The van der Waals surface area contributed by atoms with Gasteiger partial charge in [0.2, 0.25) is 0 Å². The lowest BCUT2D eigenvalue weighted by Gasteiger charge is -2.25. The van der Waals surface area contributed by atoms with Crippen molar-refractivity contribution in [1.29, 1.82) is 0 Å². The fourth-order valence-corrected chi connectivity index (χ4v) is 3.25. The molecule has 1 saturated carbocycles. The number of likely N-dealkylation sites (tertiary alicyclic amines) is 1. The number of amides is 1. The zero-order chi connectivity index (χ0) is 14.9. The number of ether oxygens (including phenoxy) is 2. The number of alkyl halides is 1. The summed E-state index contributed by atoms with van der Waals surface area (Å²) < 4.78 is 10.2. The van der Waals surface area contributed by atoms with Crippen molar-refractivity contribution in [3.63, 3.8) is 0 Å². The number of esters is 1. The summed E-state index contributed by atoms with van der Waals surface area (Å²) in [6, 6.07) is -0.0886. The summed E-state index contributed by atoms with van der Waals surface area (Å²) in [5.41, 5.74) is -0.471. The van der Waals surface area contributed by atoms with E-state index in [9.17, 15) is 9.59 Å². The molecule has 0 aromatic carbocycles. The van der Waals surface area contributed by atoms with Crippen LogP contribution in [0, 0.1) is 17.8 Å². The van der Waals surface area contributed by atoms with Crippen molar-refractivity contribution in [2.45, 2.75) is 39.2 Å². The van der Waals surface area contributed by atoms with Gasteiger partial charge in [0, 0.05) is 13.1 Å². The van der Waals surface area contributed by atoms with E-state index in [0.717, 1.165) is 12.8 Å². The van der Waals surface area contributed by atoms with Crippen molar-refractivity contribution in [3.8, 4) is 0 Å². The minimum atomic E-state index is -0.471. The van der Waals surface area contributed by atoms with Gasteiger partial charge in [-0.15, -0.1) is 0 Å². The van der Waals surface area contributed by atoms with Gasteiger partial charge in [-0.2, -0.15) is 0 Å². The van der Waals surface area contributed by atoms with E-state index in [-0.39, 0.29) is 24.0 Å². The van der Waals surface area contributed by atoms with Crippen molar-refractivity contribution in [2.24, 2.45) is 17.8 Å². The molecule has 114 valence electrons. The molecule has 1 aliphatic heterocycles. The van der Waals surface area contributed by atoms with E-state index in [0.29, 0.717) is 24.9 Å². The van der Waals surface area contributed by atoms with Crippen LogP contribution in [0.4, 0.5) is 4.79 Å². The molecule has 5 nitrogen and oxygen atoms in total. The van der Waals surface area contributed by atoms with Gasteiger partial charge >= 0.3 is 12.1 Å². The number of hydrogen-bond acceptors (Lipinski definition) is 4. The lowest BCUT2D eigenvalue weighted by Crippen LogP contribution is -2.36. The maximum atomic E-state index is 12.0. The Bertz CT molecular complexity index is 379. The van der Waals surface area contributed by atoms with E-state index in [1.807, 2.05) is 20.8 Å². The molecular weight excluding hydrogens is 282 g/mol. The molecule has 0 aromatic heterocycles. The van der Waals surface area contributed by atoms with Crippen LogP contribution in [0.3, 0.4) is 0 Å². The van der Waals surface area contributed by atoms with E-state index in [1.165, 1.54) is 0 Å². The molecule has 6 heteroatoms. The number of rotatable bonds is 2. The first-order valence-electron chi connectivity index (χ1n) is 7.00. The Kier molecular flexibility index (Phi) is 4.47. The average Bonchev–Trinajstić information content (AvgIpc) is 2.83. The Morgan fingerprint density at radius 1 is 1.20 bits per heavy atom. The Morgan fingerprint density at radius 2 is 1.75 bits per heavy atom. The normalized spacial score (nSPS) is 29.2. The lowest BCUT2D eigenvalue weighted by atomic mass is 10.0. The summed E-state index contributed by atoms with van der Waals surface area (Å²) in [5, 5.41) is 0. The van der Waals surface area contributed by atoms with Gasteiger partial charge < -0.3 is 14.4 Å². The highest BCUT2D eigenvalue weighted by molar-refractivity contribution is 6.17. The zero-order valence-corrected chi connectivity index (χ0v) is 13.0. The number of halogens is 1. The molecule has 0 aromatic rings. The second-order valence-corrected chi connectivity index (χ2v) is 6.86. The van der Waals surface area contributed by atoms with E-state index in [2.05, 4.69) is 0 Å². The first-order chi connectivity index (χ1) is 9.30. The molecule has 2 aliphatic rings. The lowest BCUT2D eigenvalue weighted by molar-refractivity contribution is -0.146. The van der Waals surface area contributed by atoms with Gasteiger partial charge in [0.25, 0.3) is 0 Å². The minimum Gasteiger partial charge on any atom is -0.449 e. The molecule has 1 aliphatic carbocycles. The molecule has 1 heterocycles. The highest BCUT2D eigenvalue weighted by Crippen LogP contribution is 2.42. The Morgan fingerprint density at radius 3 is 2.20 bits per heavy atom. The summed E-state index contributed by atoms with van der Waals surface area (Å²) in [6.45, 7) is 6.93. The molecule has 0 radical (unpaired) electrons. The molecule has 1 saturated heterocycles. The predicted octanol–water partition coefficient (Wildman–Crippen LogP) is 2.62. The average molecular weight is 304 g/mol. The Labute approximate surface area is 124 Å². The monoisotopic (exact) mass is 303 g/mol. The summed E-state index contributed by atoms with van der Waals surface area (Å²) in [6.07, 6.45) is 1.30. The zero-order valence-electron chi connectivity index (χ0n) is 12.2. The molecular formula is C14H22ClNO4. The van der Waals surface area contributed by atoms with Crippen LogP contribution in [0.25, 0.3) is 0 Å². The quantitative estimate of drug-likeness (QED) is 0.581. The van der Waals surface area contributed by atoms with Crippen LogP contribution in [0.5, 0.6) is 0 Å². The van der Waals surface area contributed by atoms with E-state index < -0.39 is 5.60 Å². The summed E-state index contributed by atoms with van der Waals surface area (Å²) >= 11 is 5.41. The van der Waals surface area contributed by atoms with Crippen molar-refractivity contribution in [3.05, 3.63) is 0 Å².